The van der Waals surface area contributed by atoms with Crippen LogP contribution >= 0.6 is 0 Å². The van der Waals surface area contributed by atoms with Crippen LogP contribution in [-0.4, -0.2) is 0 Å². The van der Waals surface area contributed by atoms with E-state index in [0.29, 0.717) is 0 Å². The first-order chi connectivity index (χ1) is 2.27. The second-order valence-electron chi connectivity index (χ2n) is 1.14. The predicted octanol–water partition coefficient (Wildman–Crippen LogP) is 1.23. The average molecular weight is 245 g/mol. The summed E-state index contributed by atoms with van der Waals surface area (Å²) in [7, 11) is 0. The fourth-order valence-electron chi connectivity index (χ4n) is 0. The quantitative estimate of drug-likeness (QED) is 0.444. The smallest absolute Gasteiger partial charge is 0 e. The first-order valence-corrected chi connectivity index (χ1v) is 1.54. The Morgan fingerprint density at radius 3 is 1.43 bits per heavy atom. The van der Waals surface area contributed by atoms with E-state index in [0.717, 1.165) is 5.92 Å². The van der Waals surface area contributed by atoms with E-state index >= 15 is 0 Å². The van der Waals surface area contributed by atoms with E-state index in [9.17, 15) is 0 Å². The molecule has 0 rings (SSSR count). The maximum absolute atomic E-state index is 4.88. The van der Waals surface area contributed by atoms with Gasteiger partial charge in [0.05, 0.1) is 0 Å². The van der Waals surface area contributed by atoms with Crippen molar-refractivity contribution in [3.63, 3.8) is 0 Å². The van der Waals surface area contributed by atoms with E-state index < -0.39 is 0 Å². The SMILES string of the molecule is C#C[C-](C)C.[Y].[Y]. The van der Waals surface area contributed by atoms with Gasteiger partial charge in [0.1, 0.15) is 0 Å². The monoisotopic (exact) mass is 245 g/mol. The van der Waals surface area contributed by atoms with E-state index in [4.69, 9.17) is 6.42 Å². The van der Waals surface area contributed by atoms with Crippen LogP contribution < -0.4 is 0 Å². The number of hydrogen-bond acceptors (Lipinski definition) is 0. The molecule has 2 radical (unpaired) electrons. The van der Waals surface area contributed by atoms with E-state index in [1.54, 1.807) is 0 Å². The van der Waals surface area contributed by atoms with Crippen molar-refractivity contribution in [3.05, 3.63) is 5.92 Å². The molecule has 0 heterocycles. The molecule has 0 aromatic heterocycles. The van der Waals surface area contributed by atoms with Gasteiger partial charge in [-0.05, 0) is 0 Å². The Balaban J connectivity index is -0.0000000800. The predicted molar refractivity (Wildman–Crippen MR) is 23.4 cm³/mol. The zero-order valence-corrected chi connectivity index (χ0v) is 10.4. The molecule has 0 aliphatic rings. The zero-order chi connectivity index (χ0) is 4.28. The van der Waals surface area contributed by atoms with E-state index in [1.165, 1.54) is 0 Å². The van der Waals surface area contributed by atoms with E-state index in [-0.39, 0.29) is 65.4 Å². The maximum atomic E-state index is 4.88. The Morgan fingerprint density at radius 1 is 1.29 bits per heavy atom. The molecule has 0 spiro atoms. The van der Waals surface area contributed by atoms with Crippen LogP contribution in [0.3, 0.4) is 0 Å². The Bertz CT molecular complexity index is 51.6. The third kappa shape index (κ3) is 18.3. The van der Waals surface area contributed by atoms with Gasteiger partial charge >= 0.3 is 0 Å². The fourth-order valence-corrected chi connectivity index (χ4v) is 0. The van der Waals surface area contributed by atoms with Gasteiger partial charge in [0.25, 0.3) is 0 Å². The van der Waals surface area contributed by atoms with Gasteiger partial charge in [-0.1, -0.05) is 0 Å². The third-order valence-corrected chi connectivity index (χ3v) is 0.289. The summed E-state index contributed by atoms with van der Waals surface area (Å²) < 4.78 is 0. The Labute approximate surface area is 96.0 Å². The number of hydrogen-bond donors (Lipinski definition) is 0. The summed E-state index contributed by atoms with van der Waals surface area (Å²) in [6, 6.07) is 0. The summed E-state index contributed by atoms with van der Waals surface area (Å²) in [5, 5.41) is 0. The topological polar surface area (TPSA) is 0 Å². The first kappa shape index (κ1) is 15.9. The molecule has 0 aliphatic carbocycles. The van der Waals surface area contributed by atoms with Crippen molar-refractivity contribution in [1.29, 1.82) is 0 Å². The van der Waals surface area contributed by atoms with Gasteiger partial charge in [0, 0.05) is 65.4 Å². The van der Waals surface area contributed by atoms with Gasteiger partial charge in [0.15, 0.2) is 0 Å². The molecule has 34 valence electrons. The van der Waals surface area contributed by atoms with Gasteiger partial charge in [0.2, 0.25) is 0 Å². The number of terminal acetylenes is 1. The molecule has 0 amide bonds. The van der Waals surface area contributed by atoms with Crippen LogP contribution in [0.5, 0.6) is 0 Å². The summed E-state index contributed by atoms with van der Waals surface area (Å²) in [5.74, 6) is 3.48. The minimum absolute atomic E-state index is 0. The molecule has 0 unspecified atom stereocenters. The summed E-state index contributed by atoms with van der Waals surface area (Å²) in [6.07, 6.45) is 4.88. The summed E-state index contributed by atoms with van der Waals surface area (Å²) in [5.41, 5.74) is 0. The molecule has 7 heavy (non-hydrogen) atoms. The molecule has 0 aliphatic heterocycles. The van der Waals surface area contributed by atoms with Crippen LogP contribution in [0.25, 0.3) is 0 Å². The second-order valence-corrected chi connectivity index (χ2v) is 1.14. The number of rotatable bonds is 0. The van der Waals surface area contributed by atoms with Crippen molar-refractivity contribution < 1.29 is 65.4 Å². The zero-order valence-electron chi connectivity index (χ0n) is 4.73. The third-order valence-electron chi connectivity index (χ3n) is 0.289. The van der Waals surface area contributed by atoms with Crippen LogP contribution in [0.1, 0.15) is 13.8 Å². The Morgan fingerprint density at radius 2 is 1.43 bits per heavy atom. The van der Waals surface area contributed by atoms with Crippen molar-refractivity contribution in [2.24, 2.45) is 0 Å². The normalized spacial score (nSPS) is 4.14. The molecule has 0 bridgehead atoms. The molecule has 0 aromatic rings. The van der Waals surface area contributed by atoms with Crippen LogP contribution in [0.15, 0.2) is 0 Å². The van der Waals surface area contributed by atoms with Gasteiger partial charge in [-0.2, -0.15) is 5.92 Å². The van der Waals surface area contributed by atoms with E-state index in [1.807, 2.05) is 13.8 Å². The molecule has 0 saturated heterocycles. The molecule has 2 heteroatoms. The Hall–Kier alpha value is 1.64. The summed E-state index contributed by atoms with van der Waals surface area (Å²) in [4.78, 5) is 0. The van der Waals surface area contributed by atoms with Crippen LogP contribution in [0, 0.1) is 18.3 Å². The van der Waals surface area contributed by atoms with Crippen molar-refractivity contribution in [2.45, 2.75) is 13.8 Å². The molecular weight excluding hydrogens is 238 g/mol. The minimum atomic E-state index is 0. The largest absolute Gasteiger partial charge is 0.344 e. The van der Waals surface area contributed by atoms with Crippen LogP contribution in [0.2, 0.25) is 0 Å². The molecule has 0 atom stereocenters. The first-order valence-electron chi connectivity index (χ1n) is 1.54. The van der Waals surface area contributed by atoms with Crippen molar-refractivity contribution in [3.8, 4) is 12.3 Å². The molecule has 0 nitrogen and oxygen atoms in total. The van der Waals surface area contributed by atoms with Gasteiger partial charge in [-0.25, -0.2) is 0 Å². The van der Waals surface area contributed by atoms with Gasteiger partial charge in [-0.3, -0.25) is 5.92 Å². The molecule has 0 saturated carbocycles. The fraction of sp³-hybridized carbons (Fsp3) is 0.400. The van der Waals surface area contributed by atoms with Crippen molar-refractivity contribution >= 4 is 0 Å². The molecular formula is C5H7Y2-. The van der Waals surface area contributed by atoms with Crippen molar-refractivity contribution in [2.75, 3.05) is 0 Å². The van der Waals surface area contributed by atoms with Crippen LogP contribution in [0.4, 0.5) is 0 Å². The second kappa shape index (κ2) is 10.6. The van der Waals surface area contributed by atoms with Crippen molar-refractivity contribution in [1.82, 2.24) is 0 Å². The minimum Gasteiger partial charge on any atom is -0.344 e. The average Bonchev–Trinajstić information content (AvgIpc) is 1.38. The molecule has 0 fully saturated rings. The van der Waals surface area contributed by atoms with Gasteiger partial charge < -0.3 is 6.42 Å². The molecule has 0 N–H and O–H groups in total. The summed E-state index contributed by atoms with van der Waals surface area (Å²) in [6.45, 7) is 3.81. The Kier molecular flexibility index (Phi) is 24.0. The molecule has 0 aromatic carbocycles. The summed E-state index contributed by atoms with van der Waals surface area (Å²) >= 11 is 0. The van der Waals surface area contributed by atoms with Crippen LogP contribution in [-0.2, 0) is 65.4 Å². The standard InChI is InChI=1S/C5H7.2Y/c1-4-5(2)3;;/h1H,2-3H3;;/q-1;;. The van der Waals surface area contributed by atoms with E-state index in [2.05, 4.69) is 5.92 Å². The maximum Gasteiger partial charge on any atom is 0 e. The van der Waals surface area contributed by atoms with Gasteiger partial charge in [-0.15, -0.1) is 13.8 Å².